The normalized spacial score (nSPS) is 24.6. The summed E-state index contributed by atoms with van der Waals surface area (Å²) in [4.78, 5) is 51.6. The quantitative estimate of drug-likeness (QED) is 0.571. The van der Waals surface area contributed by atoms with Crippen molar-refractivity contribution >= 4 is 23.7 Å². The standard InChI is InChI=1S/C23H30N2O5/c1-13(2)20(25-21(27)16-9-5-6-10-17(16)22(25)28)23(29)30-12-19(26)24-18-11-7-8-14(3)15(18)4/h5-6,9-10,13-15,18,20H,7-8,11-12H2,1-4H3,(H,24,26)/t14-,15+,18-,20+/m0/s1. The smallest absolute Gasteiger partial charge is 0.330 e. The molecule has 7 nitrogen and oxygen atoms in total. The molecule has 7 heteroatoms. The molecule has 0 saturated heterocycles. The number of imide groups is 1. The first kappa shape index (κ1) is 22.0. The maximum Gasteiger partial charge on any atom is 0.330 e. The molecular formula is C23H30N2O5. The summed E-state index contributed by atoms with van der Waals surface area (Å²) >= 11 is 0. The molecule has 1 heterocycles. The van der Waals surface area contributed by atoms with Crippen LogP contribution in [0.5, 0.6) is 0 Å². The third kappa shape index (κ3) is 4.25. The summed E-state index contributed by atoms with van der Waals surface area (Å²) in [6.45, 7) is 7.35. The Labute approximate surface area is 177 Å². The number of esters is 1. The Morgan fingerprint density at radius 1 is 1.10 bits per heavy atom. The SMILES string of the molecule is CC(C)[C@H](C(=O)OCC(=O)N[C@H]1CCC[C@H](C)[C@H]1C)N1C(=O)c2ccccc2C1=O. The molecule has 1 aromatic carbocycles. The summed E-state index contributed by atoms with van der Waals surface area (Å²) in [6.07, 6.45) is 3.12. The molecule has 0 spiro atoms. The Balaban J connectivity index is 1.63. The summed E-state index contributed by atoms with van der Waals surface area (Å²) in [7, 11) is 0. The molecule has 1 aliphatic carbocycles. The lowest BCUT2D eigenvalue weighted by atomic mass is 9.78. The minimum atomic E-state index is -1.08. The predicted octanol–water partition coefficient (Wildman–Crippen LogP) is 2.79. The molecule has 3 amide bonds. The second kappa shape index (κ2) is 8.98. The maximum atomic E-state index is 12.8. The molecular weight excluding hydrogens is 384 g/mol. The number of fused-ring (bicyclic) bond motifs is 1. The van der Waals surface area contributed by atoms with Gasteiger partial charge in [-0.15, -0.1) is 0 Å². The Morgan fingerprint density at radius 2 is 1.70 bits per heavy atom. The van der Waals surface area contributed by atoms with Crippen molar-refractivity contribution in [2.75, 3.05) is 6.61 Å². The Hall–Kier alpha value is -2.70. The van der Waals surface area contributed by atoms with E-state index in [1.807, 2.05) is 0 Å². The van der Waals surface area contributed by atoms with E-state index >= 15 is 0 Å². The van der Waals surface area contributed by atoms with Gasteiger partial charge in [0.25, 0.3) is 17.7 Å². The van der Waals surface area contributed by atoms with Crippen LogP contribution in [-0.2, 0) is 14.3 Å². The van der Waals surface area contributed by atoms with Gasteiger partial charge in [-0.2, -0.15) is 0 Å². The van der Waals surface area contributed by atoms with Crippen LogP contribution >= 0.6 is 0 Å². The Kier molecular flexibility index (Phi) is 6.58. The van der Waals surface area contributed by atoms with Crippen LogP contribution in [0.25, 0.3) is 0 Å². The largest absolute Gasteiger partial charge is 0.454 e. The van der Waals surface area contributed by atoms with E-state index in [-0.39, 0.29) is 29.0 Å². The summed E-state index contributed by atoms with van der Waals surface area (Å²) in [5.41, 5.74) is 0.554. The summed E-state index contributed by atoms with van der Waals surface area (Å²) in [5.74, 6) is -1.60. The van der Waals surface area contributed by atoms with Gasteiger partial charge >= 0.3 is 5.97 Å². The van der Waals surface area contributed by atoms with Crippen molar-refractivity contribution in [1.29, 1.82) is 0 Å². The second-order valence-corrected chi connectivity index (χ2v) is 8.76. The molecule has 1 fully saturated rings. The lowest BCUT2D eigenvalue weighted by molar-refractivity contribution is -0.154. The van der Waals surface area contributed by atoms with Gasteiger partial charge in [0, 0.05) is 6.04 Å². The van der Waals surface area contributed by atoms with Gasteiger partial charge in [0.2, 0.25) is 0 Å². The van der Waals surface area contributed by atoms with Gasteiger partial charge in [0.05, 0.1) is 11.1 Å². The third-order valence-electron chi connectivity index (χ3n) is 6.38. The number of carbonyl (C=O) groups is 4. The first-order chi connectivity index (χ1) is 14.2. The van der Waals surface area contributed by atoms with E-state index in [0.717, 1.165) is 24.2 Å². The van der Waals surface area contributed by atoms with Crippen molar-refractivity contribution in [3.05, 3.63) is 35.4 Å². The zero-order valence-corrected chi connectivity index (χ0v) is 18.0. The number of carbonyl (C=O) groups excluding carboxylic acids is 4. The zero-order chi connectivity index (χ0) is 22.0. The van der Waals surface area contributed by atoms with Gasteiger partial charge < -0.3 is 10.1 Å². The van der Waals surface area contributed by atoms with Gasteiger partial charge in [-0.1, -0.05) is 52.7 Å². The predicted molar refractivity (Wildman–Crippen MR) is 111 cm³/mol. The Bertz CT molecular complexity index is 815. The highest BCUT2D eigenvalue weighted by Crippen LogP contribution is 2.30. The highest BCUT2D eigenvalue weighted by atomic mass is 16.5. The molecule has 0 radical (unpaired) electrons. The molecule has 1 N–H and O–H groups in total. The van der Waals surface area contributed by atoms with Crippen molar-refractivity contribution in [2.45, 2.75) is 59.0 Å². The molecule has 4 atom stereocenters. The van der Waals surface area contributed by atoms with Crippen LogP contribution in [0.3, 0.4) is 0 Å². The average molecular weight is 415 g/mol. The molecule has 1 saturated carbocycles. The fourth-order valence-corrected chi connectivity index (χ4v) is 4.39. The lowest BCUT2D eigenvalue weighted by Gasteiger charge is -2.34. The lowest BCUT2D eigenvalue weighted by Crippen LogP contribution is -2.50. The fraction of sp³-hybridized carbons (Fsp3) is 0.565. The van der Waals surface area contributed by atoms with E-state index < -0.39 is 30.4 Å². The third-order valence-corrected chi connectivity index (χ3v) is 6.38. The summed E-state index contributed by atoms with van der Waals surface area (Å²) in [6, 6.07) is 5.47. The topological polar surface area (TPSA) is 92.8 Å². The molecule has 0 aromatic heterocycles. The van der Waals surface area contributed by atoms with E-state index in [9.17, 15) is 19.2 Å². The minimum absolute atomic E-state index is 0.0667. The number of nitrogens with one attached hydrogen (secondary N) is 1. The van der Waals surface area contributed by atoms with Crippen LogP contribution in [0, 0.1) is 17.8 Å². The molecule has 2 aliphatic rings. The van der Waals surface area contributed by atoms with Crippen LogP contribution in [0.2, 0.25) is 0 Å². The second-order valence-electron chi connectivity index (χ2n) is 8.76. The molecule has 3 rings (SSSR count). The first-order valence-electron chi connectivity index (χ1n) is 10.6. The minimum Gasteiger partial charge on any atom is -0.454 e. The van der Waals surface area contributed by atoms with Crippen LogP contribution in [0.15, 0.2) is 24.3 Å². The summed E-state index contributed by atoms with van der Waals surface area (Å²) < 4.78 is 5.24. The Morgan fingerprint density at radius 3 is 2.27 bits per heavy atom. The van der Waals surface area contributed by atoms with E-state index in [1.54, 1.807) is 38.1 Å². The van der Waals surface area contributed by atoms with Crippen molar-refractivity contribution in [3.63, 3.8) is 0 Å². The van der Waals surface area contributed by atoms with Crippen LogP contribution in [0.1, 0.15) is 67.7 Å². The molecule has 1 aromatic rings. The van der Waals surface area contributed by atoms with Gasteiger partial charge in [0.15, 0.2) is 6.61 Å². The first-order valence-corrected chi connectivity index (χ1v) is 10.6. The van der Waals surface area contributed by atoms with Gasteiger partial charge in [-0.3, -0.25) is 19.3 Å². The van der Waals surface area contributed by atoms with E-state index in [2.05, 4.69) is 19.2 Å². The average Bonchev–Trinajstić information content (AvgIpc) is 2.95. The number of hydrogen-bond acceptors (Lipinski definition) is 5. The molecule has 0 bridgehead atoms. The van der Waals surface area contributed by atoms with Crippen LogP contribution in [0.4, 0.5) is 0 Å². The van der Waals surface area contributed by atoms with Gasteiger partial charge in [-0.05, 0) is 36.3 Å². The molecule has 0 unspecified atom stereocenters. The van der Waals surface area contributed by atoms with E-state index in [1.165, 1.54) is 0 Å². The molecule has 162 valence electrons. The van der Waals surface area contributed by atoms with Crippen molar-refractivity contribution in [1.82, 2.24) is 10.2 Å². The zero-order valence-electron chi connectivity index (χ0n) is 18.0. The summed E-state index contributed by atoms with van der Waals surface area (Å²) in [5, 5.41) is 2.96. The van der Waals surface area contributed by atoms with Gasteiger partial charge in [0.1, 0.15) is 6.04 Å². The van der Waals surface area contributed by atoms with Crippen LogP contribution in [-0.4, -0.2) is 47.3 Å². The number of nitrogens with zero attached hydrogens (tertiary/aromatic N) is 1. The number of benzene rings is 1. The number of hydrogen-bond donors (Lipinski definition) is 1. The highest BCUT2D eigenvalue weighted by Gasteiger charge is 2.44. The van der Waals surface area contributed by atoms with E-state index in [4.69, 9.17) is 4.74 Å². The number of ether oxygens (including phenoxy) is 1. The van der Waals surface area contributed by atoms with E-state index in [0.29, 0.717) is 11.8 Å². The number of rotatable bonds is 6. The monoisotopic (exact) mass is 414 g/mol. The molecule has 1 aliphatic heterocycles. The van der Waals surface area contributed by atoms with Crippen LogP contribution < -0.4 is 5.32 Å². The van der Waals surface area contributed by atoms with Crippen molar-refractivity contribution < 1.29 is 23.9 Å². The molecule has 30 heavy (non-hydrogen) atoms. The number of amides is 3. The van der Waals surface area contributed by atoms with Crippen molar-refractivity contribution in [3.8, 4) is 0 Å². The van der Waals surface area contributed by atoms with Crippen molar-refractivity contribution in [2.24, 2.45) is 17.8 Å². The van der Waals surface area contributed by atoms with Gasteiger partial charge in [-0.25, -0.2) is 4.79 Å². The highest BCUT2D eigenvalue weighted by molar-refractivity contribution is 6.22. The fourth-order valence-electron chi connectivity index (χ4n) is 4.39. The maximum absolute atomic E-state index is 12.8.